The van der Waals surface area contributed by atoms with Gasteiger partial charge in [-0.05, 0) is 35.0 Å². The Morgan fingerprint density at radius 3 is 2.14 bits per heavy atom. The third kappa shape index (κ3) is 4.58. The van der Waals surface area contributed by atoms with Crippen LogP contribution in [0.25, 0.3) is 6.08 Å². The minimum absolute atomic E-state index is 0.257. The van der Waals surface area contributed by atoms with Gasteiger partial charge in [0.25, 0.3) is 11.1 Å². The van der Waals surface area contributed by atoms with Gasteiger partial charge < -0.3 is 4.74 Å². The molecule has 3 aromatic carbocycles. The van der Waals surface area contributed by atoms with Crippen molar-refractivity contribution < 1.29 is 14.3 Å². The average Bonchev–Trinajstić information content (AvgIpc) is 3.02. The van der Waals surface area contributed by atoms with Crippen molar-refractivity contribution in [2.45, 2.75) is 13.2 Å². The van der Waals surface area contributed by atoms with Crippen molar-refractivity contribution >= 4 is 29.0 Å². The molecule has 1 fully saturated rings. The highest BCUT2D eigenvalue weighted by atomic mass is 32.2. The number of carbonyl (C=O) groups excluding carboxylic acids is 2. The van der Waals surface area contributed by atoms with Crippen LogP contribution in [0.4, 0.5) is 4.79 Å². The van der Waals surface area contributed by atoms with Gasteiger partial charge in [-0.1, -0.05) is 78.9 Å². The summed E-state index contributed by atoms with van der Waals surface area (Å²) in [4.78, 5) is 26.9. The largest absolute Gasteiger partial charge is 0.488 e. The van der Waals surface area contributed by atoms with Gasteiger partial charge in [-0.15, -0.1) is 0 Å². The number of nitrogens with zero attached hydrogens (tertiary/aromatic N) is 1. The molecule has 5 heteroatoms. The van der Waals surface area contributed by atoms with Gasteiger partial charge in [-0.2, -0.15) is 0 Å². The second-order valence-electron chi connectivity index (χ2n) is 6.57. The summed E-state index contributed by atoms with van der Waals surface area (Å²) in [6, 6.07) is 26.9. The van der Waals surface area contributed by atoms with E-state index in [1.54, 1.807) is 6.08 Å². The number of imide groups is 1. The number of thioether (sulfide) groups is 1. The van der Waals surface area contributed by atoms with Gasteiger partial charge in [-0.3, -0.25) is 14.5 Å². The van der Waals surface area contributed by atoms with Crippen LogP contribution >= 0.6 is 11.8 Å². The Labute approximate surface area is 173 Å². The van der Waals surface area contributed by atoms with E-state index in [1.807, 2.05) is 84.9 Å². The number of hydrogen-bond donors (Lipinski definition) is 0. The van der Waals surface area contributed by atoms with E-state index in [1.165, 1.54) is 4.90 Å². The Morgan fingerprint density at radius 2 is 1.41 bits per heavy atom. The molecule has 0 N–H and O–H groups in total. The lowest BCUT2D eigenvalue weighted by atomic mass is 10.1. The second-order valence-corrected chi connectivity index (χ2v) is 7.56. The fraction of sp³-hybridized carbons (Fsp3) is 0.0833. The highest BCUT2D eigenvalue weighted by Crippen LogP contribution is 2.35. The molecular formula is C24H19NO3S. The van der Waals surface area contributed by atoms with Crippen molar-refractivity contribution in [3.05, 3.63) is 107 Å². The Morgan fingerprint density at radius 1 is 0.793 bits per heavy atom. The fourth-order valence-electron chi connectivity index (χ4n) is 3.01. The minimum Gasteiger partial charge on any atom is -0.488 e. The van der Waals surface area contributed by atoms with Crippen LogP contribution in [-0.2, 0) is 17.9 Å². The SMILES string of the molecule is O=C1SC(=Cc2ccccc2OCc2ccccc2)C(=O)N1Cc1ccccc1. The Hall–Kier alpha value is -3.31. The van der Waals surface area contributed by atoms with Crippen LogP contribution < -0.4 is 4.74 Å². The van der Waals surface area contributed by atoms with Crippen molar-refractivity contribution in [3.8, 4) is 5.75 Å². The molecule has 0 bridgehead atoms. The summed E-state index contributed by atoms with van der Waals surface area (Å²) in [6.07, 6.45) is 1.73. The Kier molecular flexibility index (Phi) is 5.77. The molecule has 0 radical (unpaired) electrons. The molecule has 1 aliphatic rings. The quantitative estimate of drug-likeness (QED) is 0.512. The molecule has 29 heavy (non-hydrogen) atoms. The zero-order valence-corrected chi connectivity index (χ0v) is 16.5. The molecule has 3 aromatic rings. The Balaban J connectivity index is 1.52. The van der Waals surface area contributed by atoms with Crippen molar-refractivity contribution in [2.24, 2.45) is 0 Å². The summed E-state index contributed by atoms with van der Waals surface area (Å²) in [5.41, 5.74) is 2.75. The van der Waals surface area contributed by atoms with Crippen LogP contribution in [-0.4, -0.2) is 16.0 Å². The molecule has 1 saturated heterocycles. The first kappa shape index (κ1) is 19.0. The molecule has 1 heterocycles. The van der Waals surface area contributed by atoms with Crippen LogP contribution in [0.1, 0.15) is 16.7 Å². The molecule has 2 amide bonds. The maximum atomic E-state index is 12.8. The number of carbonyl (C=O) groups is 2. The fourth-order valence-corrected chi connectivity index (χ4v) is 3.84. The average molecular weight is 401 g/mol. The zero-order valence-electron chi connectivity index (χ0n) is 15.7. The first-order chi connectivity index (χ1) is 14.2. The third-order valence-corrected chi connectivity index (χ3v) is 5.41. The van der Waals surface area contributed by atoms with Gasteiger partial charge in [0.05, 0.1) is 11.4 Å². The van der Waals surface area contributed by atoms with Crippen molar-refractivity contribution in [1.29, 1.82) is 0 Å². The van der Waals surface area contributed by atoms with E-state index < -0.39 is 0 Å². The summed E-state index contributed by atoms with van der Waals surface area (Å²) in [5.74, 6) is 0.396. The van der Waals surface area contributed by atoms with Crippen LogP contribution in [0.5, 0.6) is 5.75 Å². The number of hydrogen-bond acceptors (Lipinski definition) is 4. The van der Waals surface area contributed by atoms with E-state index in [9.17, 15) is 9.59 Å². The van der Waals surface area contributed by atoms with Crippen LogP contribution in [0.3, 0.4) is 0 Å². The van der Waals surface area contributed by atoms with Crippen LogP contribution in [0.2, 0.25) is 0 Å². The molecule has 0 aliphatic carbocycles. The summed E-state index contributed by atoms with van der Waals surface area (Å²) < 4.78 is 5.95. The molecule has 4 nitrogen and oxygen atoms in total. The lowest BCUT2D eigenvalue weighted by molar-refractivity contribution is -0.123. The summed E-state index contributed by atoms with van der Waals surface area (Å²) in [6.45, 7) is 0.705. The van der Waals surface area contributed by atoms with Gasteiger partial charge in [0.15, 0.2) is 0 Å². The number of ether oxygens (including phenoxy) is 1. The number of amides is 2. The zero-order chi connectivity index (χ0) is 20.1. The van der Waals surface area contributed by atoms with Crippen LogP contribution in [0, 0.1) is 0 Å². The third-order valence-electron chi connectivity index (χ3n) is 4.50. The van der Waals surface area contributed by atoms with Gasteiger partial charge in [0.2, 0.25) is 0 Å². The normalized spacial score (nSPS) is 15.2. The van der Waals surface area contributed by atoms with Crippen molar-refractivity contribution in [2.75, 3.05) is 0 Å². The monoisotopic (exact) mass is 401 g/mol. The highest BCUT2D eigenvalue weighted by molar-refractivity contribution is 8.18. The van der Waals surface area contributed by atoms with E-state index in [-0.39, 0.29) is 17.7 Å². The molecule has 1 aliphatic heterocycles. The standard InChI is InChI=1S/C24H19NO3S/c26-23-22(29-24(27)25(23)16-18-9-3-1-4-10-18)15-20-13-7-8-14-21(20)28-17-19-11-5-2-6-12-19/h1-15H,16-17H2. The maximum Gasteiger partial charge on any atom is 0.293 e. The molecule has 0 saturated carbocycles. The lowest BCUT2D eigenvalue weighted by Gasteiger charge is -2.12. The topological polar surface area (TPSA) is 46.6 Å². The molecule has 0 aromatic heterocycles. The minimum atomic E-state index is -0.276. The van der Waals surface area contributed by atoms with Gasteiger partial charge >= 0.3 is 0 Å². The summed E-state index contributed by atoms with van der Waals surface area (Å²) in [5, 5.41) is -0.257. The smallest absolute Gasteiger partial charge is 0.293 e. The molecule has 4 rings (SSSR count). The Bertz CT molecular complexity index is 1050. The highest BCUT2D eigenvalue weighted by Gasteiger charge is 2.35. The van der Waals surface area contributed by atoms with E-state index in [0.29, 0.717) is 17.3 Å². The van der Waals surface area contributed by atoms with Gasteiger partial charge in [0.1, 0.15) is 12.4 Å². The van der Waals surface area contributed by atoms with E-state index in [4.69, 9.17) is 4.74 Å². The first-order valence-corrected chi connectivity index (χ1v) is 10.1. The molecule has 144 valence electrons. The number of benzene rings is 3. The van der Waals surface area contributed by atoms with E-state index in [2.05, 4.69) is 0 Å². The van der Waals surface area contributed by atoms with E-state index >= 15 is 0 Å². The van der Waals surface area contributed by atoms with Crippen LogP contribution in [0.15, 0.2) is 89.8 Å². The van der Waals surface area contributed by atoms with E-state index in [0.717, 1.165) is 28.5 Å². The number of para-hydroxylation sites is 1. The molecular weight excluding hydrogens is 382 g/mol. The molecule has 0 unspecified atom stereocenters. The van der Waals surface area contributed by atoms with Crippen molar-refractivity contribution in [3.63, 3.8) is 0 Å². The summed E-state index contributed by atoms with van der Waals surface area (Å²) >= 11 is 0.962. The molecule has 0 atom stereocenters. The van der Waals surface area contributed by atoms with Gasteiger partial charge in [-0.25, -0.2) is 0 Å². The predicted molar refractivity (Wildman–Crippen MR) is 115 cm³/mol. The maximum absolute atomic E-state index is 12.8. The van der Waals surface area contributed by atoms with Crippen molar-refractivity contribution in [1.82, 2.24) is 4.90 Å². The summed E-state index contributed by atoms with van der Waals surface area (Å²) in [7, 11) is 0. The molecule has 0 spiro atoms. The first-order valence-electron chi connectivity index (χ1n) is 9.26. The van der Waals surface area contributed by atoms with Gasteiger partial charge in [0, 0.05) is 5.56 Å². The number of rotatable bonds is 6. The second kappa shape index (κ2) is 8.80. The predicted octanol–water partition coefficient (Wildman–Crippen LogP) is 5.50. The lowest BCUT2D eigenvalue weighted by Crippen LogP contribution is -2.27.